The number of carbonyl (C=O) groups is 1. The van der Waals surface area contributed by atoms with E-state index in [1.807, 2.05) is 6.07 Å². The summed E-state index contributed by atoms with van der Waals surface area (Å²) in [5, 5.41) is 1.15. The number of nitrogens with zero attached hydrogens (tertiary/aromatic N) is 1. The van der Waals surface area contributed by atoms with Crippen molar-refractivity contribution in [1.82, 2.24) is 4.90 Å². The molecule has 0 fully saturated rings. The molecule has 1 aliphatic heterocycles. The number of sulfone groups is 1. The molecule has 1 aromatic rings. The van der Waals surface area contributed by atoms with Gasteiger partial charge in [-0.2, -0.15) is 0 Å². The van der Waals surface area contributed by atoms with Crippen molar-refractivity contribution in [3.63, 3.8) is 0 Å². The molecule has 2 rings (SSSR count). The van der Waals surface area contributed by atoms with Gasteiger partial charge >= 0.3 is 0 Å². The van der Waals surface area contributed by atoms with Crippen molar-refractivity contribution < 1.29 is 17.9 Å². The van der Waals surface area contributed by atoms with Crippen molar-refractivity contribution >= 4 is 47.6 Å². The highest BCUT2D eigenvalue weighted by Crippen LogP contribution is 2.28. The molecule has 114 valence electrons. The first-order valence-electron chi connectivity index (χ1n) is 6.03. The zero-order valence-corrected chi connectivity index (χ0v) is 15.1. The molecule has 1 heterocycles. The maximum Gasteiger partial charge on any atom is 0.260 e. The Hall–Kier alpha value is -0.860. The maximum atomic E-state index is 12.0. The molecule has 1 amide bonds. The highest BCUT2D eigenvalue weighted by Gasteiger charge is 2.27. The van der Waals surface area contributed by atoms with Gasteiger partial charge in [-0.05, 0) is 40.2 Å². The summed E-state index contributed by atoms with van der Waals surface area (Å²) in [7, 11) is -1.61. The SMILES string of the molecule is CN(C(=O)COc1ccc(Br)cc1Br)C1C=CS(=O)(=O)C1. The topological polar surface area (TPSA) is 63.7 Å². The Morgan fingerprint density at radius 3 is 2.71 bits per heavy atom. The van der Waals surface area contributed by atoms with E-state index in [9.17, 15) is 13.2 Å². The molecule has 0 aliphatic carbocycles. The molecule has 8 heteroatoms. The van der Waals surface area contributed by atoms with Crippen molar-refractivity contribution in [3.8, 4) is 5.75 Å². The average molecular weight is 439 g/mol. The van der Waals surface area contributed by atoms with Crippen LogP contribution in [0.25, 0.3) is 0 Å². The number of hydrogen-bond acceptors (Lipinski definition) is 4. The summed E-state index contributed by atoms with van der Waals surface area (Å²) in [5.74, 6) is 0.197. The minimum atomic E-state index is -3.18. The van der Waals surface area contributed by atoms with Crippen LogP contribution in [0.1, 0.15) is 0 Å². The lowest BCUT2D eigenvalue weighted by molar-refractivity contribution is -0.132. The molecule has 0 radical (unpaired) electrons. The van der Waals surface area contributed by atoms with Crippen LogP contribution in [0.4, 0.5) is 0 Å². The van der Waals surface area contributed by atoms with Gasteiger partial charge in [-0.3, -0.25) is 4.79 Å². The molecule has 1 aromatic carbocycles. The van der Waals surface area contributed by atoms with Crippen molar-refractivity contribution in [2.45, 2.75) is 6.04 Å². The van der Waals surface area contributed by atoms with Crippen LogP contribution in [0.15, 0.2) is 38.6 Å². The van der Waals surface area contributed by atoms with Crippen LogP contribution in [0.3, 0.4) is 0 Å². The van der Waals surface area contributed by atoms with Crippen LogP contribution in [0.2, 0.25) is 0 Å². The van der Waals surface area contributed by atoms with Crippen molar-refractivity contribution in [2.75, 3.05) is 19.4 Å². The highest BCUT2D eigenvalue weighted by molar-refractivity contribution is 9.11. The van der Waals surface area contributed by atoms with E-state index in [-0.39, 0.29) is 18.3 Å². The van der Waals surface area contributed by atoms with E-state index in [1.54, 1.807) is 19.2 Å². The lowest BCUT2D eigenvalue weighted by Crippen LogP contribution is -2.40. The van der Waals surface area contributed by atoms with Gasteiger partial charge < -0.3 is 9.64 Å². The lowest BCUT2D eigenvalue weighted by Gasteiger charge is -2.22. The van der Waals surface area contributed by atoms with Crippen molar-refractivity contribution in [2.24, 2.45) is 0 Å². The van der Waals surface area contributed by atoms with Gasteiger partial charge in [0.15, 0.2) is 16.4 Å². The number of carbonyl (C=O) groups excluding carboxylic acids is 1. The largest absolute Gasteiger partial charge is 0.483 e. The molecule has 21 heavy (non-hydrogen) atoms. The number of likely N-dealkylation sites (N-methyl/N-ethyl adjacent to an activating group) is 1. The normalized spacial score (nSPS) is 19.5. The first-order chi connectivity index (χ1) is 9.78. The van der Waals surface area contributed by atoms with Gasteiger partial charge in [-0.25, -0.2) is 8.42 Å². The molecule has 0 saturated carbocycles. The second kappa shape index (κ2) is 6.50. The van der Waals surface area contributed by atoms with E-state index >= 15 is 0 Å². The summed E-state index contributed by atoms with van der Waals surface area (Å²) >= 11 is 6.67. The smallest absolute Gasteiger partial charge is 0.260 e. The van der Waals surface area contributed by atoms with E-state index in [4.69, 9.17) is 4.74 Å². The predicted octanol–water partition coefficient (Wildman–Crippen LogP) is 2.36. The fourth-order valence-electron chi connectivity index (χ4n) is 1.82. The fourth-order valence-corrected chi connectivity index (χ4v) is 4.32. The average Bonchev–Trinajstić information content (AvgIpc) is 2.77. The minimum absolute atomic E-state index is 0.0722. The standard InChI is InChI=1S/C13H13Br2NO4S/c1-16(10-4-5-21(18,19)8-10)13(17)7-20-12-3-2-9(14)6-11(12)15/h2-6,10H,7-8H2,1H3. The van der Waals surface area contributed by atoms with Gasteiger partial charge in [0.25, 0.3) is 5.91 Å². The molecule has 1 atom stereocenters. The second-order valence-electron chi connectivity index (χ2n) is 4.59. The lowest BCUT2D eigenvalue weighted by atomic mass is 10.3. The Morgan fingerprint density at radius 2 is 2.14 bits per heavy atom. The molecule has 5 nitrogen and oxygen atoms in total. The van der Waals surface area contributed by atoms with E-state index in [2.05, 4.69) is 31.9 Å². The van der Waals surface area contributed by atoms with E-state index in [0.29, 0.717) is 5.75 Å². The molecule has 1 unspecified atom stereocenters. The third-order valence-electron chi connectivity index (χ3n) is 3.05. The molecule has 1 aliphatic rings. The predicted molar refractivity (Wildman–Crippen MR) is 86.8 cm³/mol. The van der Waals surface area contributed by atoms with Gasteiger partial charge in [-0.15, -0.1) is 0 Å². The molecule has 0 bridgehead atoms. The van der Waals surface area contributed by atoms with Gasteiger partial charge in [0, 0.05) is 16.9 Å². The molecule has 0 aromatic heterocycles. The summed E-state index contributed by atoms with van der Waals surface area (Å²) < 4.78 is 29.8. The molecular formula is C13H13Br2NO4S. The van der Waals surface area contributed by atoms with E-state index < -0.39 is 15.9 Å². The number of halogens is 2. The zero-order valence-electron chi connectivity index (χ0n) is 11.1. The number of hydrogen-bond donors (Lipinski definition) is 0. The summed E-state index contributed by atoms with van der Waals surface area (Å²) in [4.78, 5) is 13.4. The first-order valence-corrected chi connectivity index (χ1v) is 9.33. The van der Waals surface area contributed by atoms with E-state index in [1.165, 1.54) is 11.0 Å². The van der Waals surface area contributed by atoms with Crippen molar-refractivity contribution in [1.29, 1.82) is 0 Å². The third-order valence-corrected chi connectivity index (χ3v) is 5.54. The van der Waals surface area contributed by atoms with Gasteiger partial charge in [0.05, 0.1) is 16.3 Å². The summed E-state index contributed by atoms with van der Waals surface area (Å²) in [6.07, 6.45) is 1.52. The van der Waals surface area contributed by atoms with Crippen molar-refractivity contribution in [3.05, 3.63) is 38.6 Å². The Labute approximate surface area is 140 Å². The molecule has 0 N–H and O–H groups in total. The van der Waals surface area contributed by atoms with Gasteiger partial charge in [0.2, 0.25) is 0 Å². The van der Waals surface area contributed by atoms with Crippen LogP contribution in [-0.2, 0) is 14.6 Å². The zero-order chi connectivity index (χ0) is 15.6. The van der Waals surface area contributed by atoms with Crippen LogP contribution in [-0.4, -0.2) is 44.7 Å². The third kappa shape index (κ3) is 4.31. The number of benzene rings is 1. The summed E-state index contributed by atoms with van der Waals surface area (Å²) in [5.41, 5.74) is 0. The summed E-state index contributed by atoms with van der Waals surface area (Å²) in [6.45, 7) is -0.152. The number of rotatable bonds is 4. The monoisotopic (exact) mass is 437 g/mol. The molecular weight excluding hydrogens is 426 g/mol. The van der Waals surface area contributed by atoms with Gasteiger partial charge in [-0.1, -0.05) is 15.9 Å². The van der Waals surface area contributed by atoms with Crippen LogP contribution >= 0.6 is 31.9 Å². The highest BCUT2D eigenvalue weighted by atomic mass is 79.9. The Bertz CT molecular complexity index is 687. The maximum absolute atomic E-state index is 12.0. The first kappa shape index (κ1) is 16.5. The minimum Gasteiger partial charge on any atom is -0.483 e. The Morgan fingerprint density at radius 1 is 1.43 bits per heavy atom. The van der Waals surface area contributed by atoms with Crippen LogP contribution < -0.4 is 4.74 Å². The Kier molecular flexibility index (Phi) is 5.11. The molecule has 0 saturated heterocycles. The number of amides is 1. The summed E-state index contributed by atoms with van der Waals surface area (Å²) in [6, 6.07) is 4.93. The van der Waals surface area contributed by atoms with E-state index in [0.717, 1.165) is 14.4 Å². The Balaban J connectivity index is 1.94. The van der Waals surface area contributed by atoms with Crippen LogP contribution in [0, 0.1) is 0 Å². The second-order valence-corrected chi connectivity index (χ2v) is 8.29. The number of ether oxygens (including phenoxy) is 1. The quantitative estimate of drug-likeness (QED) is 0.723. The fraction of sp³-hybridized carbons (Fsp3) is 0.308. The van der Waals surface area contributed by atoms with Crippen LogP contribution in [0.5, 0.6) is 5.75 Å². The van der Waals surface area contributed by atoms with Gasteiger partial charge in [0.1, 0.15) is 5.75 Å². The molecule has 0 spiro atoms.